The monoisotopic (exact) mass is 189 g/mol. The number of anilines is 2. The Morgan fingerprint density at radius 1 is 1.43 bits per heavy atom. The van der Waals surface area contributed by atoms with E-state index in [1.165, 1.54) is 25.8 Å². The van der Waals surface area contributed by atoms with E-state index < -0.39 is 0 Å². The molecule has 1 aromatic rings. The predicted octanol–water partition coefficient (Wildman–Crippen LogP) is 1.65. The van der Waals surface area contributed by atoms with Gasteiger partial charge in [0.1, 0.15) is 5.82 Å². The van der Waals surface area contributed by atoms with Crippen molar-refractivity contribution in [3.63, 3.8) is 0 Å². The molecule has 2 aliphatic rings. The van der Waals surface area contributed by atoms with E-state index in [9.17, 15) is 0 Å². The van der Waals surface area contributed by atoms with Gasteiger partial charge in [-0.05, 0) is 31.2 Å². The molecule has 0 amide bonds. The second kappa shape index (κ2) is 2.87. The number of aromatic nitrogens is 1. The highest BCUT2D eigenvalue weighted by Gasteiger charge is 2.38. The Morgan fingerprint density at radius 3 is 3.00 bits per heavy atom. The molecule has 2 heterocycles. The molecule has 1 saturated carbocycles. The van der Waals surface area contributed by atoms with Gasteiger partial charge in [0.25, 0.3) is 0 Å². The molecular formula is C11H15N3. The zero-order valence-corrected chi connectivity index (χ0v) is 8.19. The van der Waals surface area contributed by atoms with E-state index in [1.54, 1.807) is 6.20 Å². The predicted molar refractivity (Wildman–Crippen MR) is 57.1 cm³/mol. The first-order valence-electron chi connectivity index (χ1n) is 5.31. The summed E-state index contributed by atoms with van der Waals surface area (Å²) in [5, 5.41) is 0. The number of nitrogens with zero attached hydrogens (tertiary/aromatic N) is 2. The molecule has 1 aromatic heterocycles. The van der Waals surface area contributed by atoms with Crippen LogP contribution in [0.15, 0.2) is 18.3 Å². The van der Waals surface area contributed by atoms with E-state index >= 15 is 0 Å². The van der Waals surface area contributed by atoms with Crippen molar-refractivity contribution in [3.8, 4) is 0 Å². The van der Waals surface area contributed by atoms with Gasteiger partial charge in [-0.1, -0.05) is 0 Å². The number of hydrogen-bond donors (Lipinski definition) is 1. The molecule has 1 aliphatic heterocycles. The molecule has 74 valence electrons. The molecule has 0 spiro atoms. The first-order chi connectivity index (χ1) is 6.83. The smallest absolute Gasteiger partial charge is 0.130 e. The quantitative estimate of drug-likeness (QED) is 0.730. The Hall–Kier alpha value is -1.25. The number of hydrogen-bond acceptors (Lipinski definition) is 3. The second-order valence-electron chi connectivity index (χ2n) is 4.43. The highest BCUT2D eigenvalue weighted by Crippen LogP contribution is 2.39. The molecule has 2 atom stereocenters. The summed E-state index contributed by atoms with van der Waals surface area (Å²) in [5.41, 5.74) is 6.58. The third-order valence-electron chi connectivity index (χ3n) is 3.47. The Kier molecular flexibility index (Phi) is 1.66. The van der Waals surface area contributed by atoms with Crippen LogP contribution in [0, 0.1) is 5.92 Å². The molecule has 3 rings (SSSR count). The van der Waals surface area contributed by atoms with E-state index in [-0.39, 0.29) is 0 Å². The Bertz CT molecular complexity index is 350. The van der Waals surface area contributed by atoms with Crippen LogP contribution in [0.3, 0.4) is 0 Å². The molecule has 0 radical (unpaired) electrons. The van der Waals surface area contributed by atoms with Crippen LogP contribution in [-0.4, -0.2) is 17.6 Å². The number of pyridine rings is 1. The second-order valence-corrected chi connectivity index (χ2v) is 4.43. The van der Waals surface area contributed by atoms with E-state index in [4.69, 9.17) is 5.73 Å². The highest BCUT2D eigenvalue weighted by molar-refractivity contribution is 5.52. The summed E-state index contributed by atoms with van der Waals surface area (Å²) >= 11 is 0. The first kappa shape index (κ1) is 8.09. The lowest BCUT2D eigenvalue weighted by atomic mass is 10.1. The summed E-state index contributed by atoms with van der Waals surface area (Å²) in [6, 6.07) is 4.56. The van der Waals surface area contributed by atoms with Crippen molar-refractivity contribution >= 4 is 11.5 Å². The zero-order valence-electron chi connectivity index (χ0n) is 8.19. The molecule has 1 aliphatic carbocycles. The van der Waals surface area contributed by atoms with Gasteiger partial charge in [-0.25, -0.2) is 4.98 Å². The normalized spacial score (nSPS) is 29.9. The molecule has 3 heteroatoms. The molecule has 2 unspecified atom stereocenters. The topological polar surface area (TPSA) is 42.1 Å². The lowest BCUT2D eigenvalue weighted by molar-refractivity contribution is 0.550. The lowest BCUT2D eigenvalue weighted by Gasteiger charge is -2.28. The van der Waals surface area contributed by atoms with Gasteiger partial charge in [-0.15, -0.1) is 0 Å². The minimum Gasteiger partial charge on any atom is -0.399 e. The number of fused-ring (bicyclic) bond motifs is 2. The maximum Gasteiger partial charge on any atom is 0.130 e. The van der Waals surface area contributed by atoms with Crippen molar-refractivity contribution in [3.05, 3.63) is 18.3 Å². The number of piperidine rings is 1. The molecule has 14 heavy (non-hydrogen) atoms. The van der Waals surface area contributed by atoms with E-state index in [1.807, 2.05) is 12.1 Å². The molecule has 2 N–H and O–H groups in total. The molecule has 3 nitrogen and oxygen atoms in total. The van der Waals surface area contributed by atoms with Crippen LogP contribution < -0.4 is 10.6 Å². The summed E-state index contributed by atoms with van der Waals surface area (Å²) in [7, 11) is 0. The fraction of sp³-hybridized carbons (Fsp3) is 0.545. The average molecular weight is 189 g/mol. The van der Waals surface area contributed by atoms with E-state index in [2.05, 4.69) is 9.88 Å². The molecule has 2 fully saturated rings. The van der Waals surface area contributed by atoms with Crippen molar-refractivity contribution in [2.45, 2.75) is 25.3 Å². The number of nitrogens with two attached hydrogens (primary N) is 1. The first-order valence-corrected chi connectivity index (χ1v) is 5.31. The molecule has 1 saturated heterocycles. The number of rotatable bonds is 1. The summed E-state index contributed by atoms with van der Waals surface area (Å²) in [4.78, 5) is 6.81. The molecular weight excluding hydrogens is 174 g/mol. The van der Waals surface area contributed by atoms with Crippen LogP contribution in [0.2, 0.25) is 0 Å². The van der Waals surface area contributed by atoms with Crippen LogP contribution in [0.5, 0.6) is 0 Å². The lowest BCUT2D eigenvalue weighted by Crippen LogP contribution is -2.32. The van der Waals surface area contributed by atoms with Crippen LogP contribution in [0.4, 0.5) is 11.5 Å². The minimum atomic E-state index is 0.731. The van der Waals surface area contributed by atoms with Crippen molar-refractivity contribution in [1.82, 2.24) is 4.98 Å². The molecule has 0 aromatic carbocycles. The van der Waals surface area contributed by atoms with Crippen LogP contribution >= 0.6 is 0 Å². The van der Waals surface area contributed by atoms with Gasteiger partial charge in [0.15, 0.2) is 0 Å². The summed E-state index contributed by atoms with van der Waals surface area (Å²) in [6.07, 6.45) is 5.90. The Labute approximate surface area is 83.9 Å². The van der Waals surface area contributed by atoms with Gasteiger partial charge in [0.05, 0.1) is 0 Å². The highest BCUT2D eigenvalue weighted by atomic mass is 15.2. The largest absolute Gasteiger partial charge is 0.399 e. The van der Waals surface area contributed by atoms with Gasteiger partial charge >= 0.3 is 0 Å². The van der Waals surface area contributed by atoms with Crippen molar-refractivity contribution in [2.75, 3.05) is 17.2 Å². The van der Waals surface area contributed by atoms with Crippen LogP contribution in [0.25, 0.3) is 0 Å². The van der Waals surface area contributed by atoms with E-state index in [0.29, 0.717) is 0 Å². The van der Waals surface area contributed by atoms with Crippen molar-refractivity contribution in [2.24, 2.45) is 5.92 Å². The Balaban J connectivity index is 1.89. The SMILES string of the molecule is Nc1ccnc(N2CC3CCC2C3)c1. The van der Waals surface area contributed by atoms with Gasteiger partial charge in [-0.2, -0.15) is 0 Å². The standard InChI is InChI=1S/C11H15N3/c12-9-3-4-13-11(6-9)14-7-8-1-2-10(14)5-8/h3-4,6,8,10H,1-2,5,7H2,(H2,12,13). The summed E-state index contributed by atoms with van der Waals surface area (Å²) < 4.78 is 0. The average Bonchev–Trinajstić information content (AvgIpc) is 2.78. The number of nitrogen functional groups attached to an aromatic ring is 1. The Morgan fingerprint density at radius 2 is 2.36 bits per heavy atom. The maximum absolute atomic E-state index is 5.76. The third kappa shape index (κ3) is 1.15. The van der Waals surface area contributed by atoms with Crippen molar-refractivity contribution < 1.29 is 0 Å². The zero-order chi connectivity index (χ0) is 9.54. The fourth-order valence-corrected chi connectivity index (χ4v) is 2.80. The minimum absolute atomic E-state index is 0.731. The van der Waals surface area contributed by atoms with Gasteiger partial charge in [-0.3, -0.25) is 0 Å². The van der Waals surface area contributed by atoms with Crippen LogP contribution in [0.1, 0.15) is 19.3 Å². The molecule has 2 bridgehead atoms. The van der Waals surface area contributed by atoms with Gasteiger partial charge < -0.3 is 10.6 Å². The van der Waals surface area contributed by atoms with Crippen LogP contribution in [-0.2, 0) is 0 Å². The third-order valence-corrected chi connectivity index (χ3v) is 3.47. The van der Waals surface area contributed by atoms with Gasteiger partial charge in [0, 0.05) is 30.5 Å². The fourth-order valence-electron chi connectivity index (χ4n) is 2.80. The van der Waals surface area contributed by atoms with E-state index in [0.717, 1.165) is 23.5 Å². The van der Waals surface area contributed by atoms with Gasteiger partial charge in [0.2, 0.25) is 0 Å². The summed E-state index contributed by atoms with van der Waals surface area (Å²) in [5.74, 6) is 1.97. The van der Waals surface area contributed by atoms with Crippen molar-refractivity contribution in [1.29, 1.82) is 0 Å². The maximum atomic E-state index is 5.76. The summed E-state index contributed by atoms with van der Waals surface area (Å²) in [6.45, 7) is 1.18.